The highest BCUT2D eigenvalue weighted by molar-refractivity contribution is 4.91. The van der Waals surface area contributed by atoms with E-state index >= 15 is 0 Å². The fraction of sp³-hybridized carbons (Fsp3) is 1.00. The lowest BCUT2D eigenvalue weighted by atomic mass is 9.95. The van der Waals surface area contributed by atoms with E-state index in [0.29, 0.717) is 0 Å². The maximum absolute atomic E-state index is 3.96. The van der Waals surface area contributed by atoms with Crippen LogP contribution in [0.4, 0.5) is 0 Å². The van der Waals surface area contributed by atoms with Crippen molar-refractivity contribution in [2.75, 3.05) is 13.1 Å². The molecular formula is C15H28N2. The van der Waals surface area contributed by atoms with E-state index in [1.165, 1.54) is 64.5 Å². The van der Waals surface area contributed by atoms with Gasteiger partial charge in [-0.15, -0.1) is 0 Å². The topological polar surface area (TPSA) is 15.3 Å². The zero-order valence-corrected chi connectivity index (χ0v) is 11.3. The molecule has 1 aliphatic carbocycles. The first-order valence-corrected chi connectivity index (χ1v) is 7.85. The molecular weight excluding hydrogens is 208 g/mol. The molecule has 1 saturated carbocycles. The van der Waals surface area contributed by atoms with E-state index in [9.17, 15) is 0 Å². The van der Waals surface area contributed by atoms with Crippen molar-refractivity contribution in [3.05, 3.63) is 0 Å². The third-order valence-electron chi connectivity index (χ3n) is 5.10. The highest BCUT2D eigenvalue weighted by atomic mass is 15.2. The van der Waals surface area contributed by atoms with Crippen molar-refractivity contribution in [3.63, 3.8) is 0 Å². The monoisotopic (exact) mass is 236 g/mol. The van der Waals surface area contributed by atoms with E-state index in [1.807, 2.05) is 0 Å². The predicted octanol–water partition coefficient (Wildman–Crippen LogP) is 2.78. The smallest absolute Gasteiger partial charge is 0.0111 e. The Balaban J connectivity index is 1.46. The maximum Gasteiger partial charge on any atom is 0.0111 e. The molecule has 17 heavy (non-hydrogen) atoms. The molecule has 0 spiro atoms. The SMILES string of the molecule is CCC(CC1CC1)NC1CCN2CCCC2C1. The molecule has 98 valence electrons. The molecule has 2 nitrogen and oxygen atoms in total. The Hall–Kier alpha value is -0.0800. The molecule has 0 aromatic rings. The van der Waals surface area contributed by atoms with Gasteiger partial charge in [0.2, 0.25) is 0 Å². The minimum absolute atomic E-state index is 0.806. The molecule has 3 atom stereocenters. The van der Waals surface area contributed by atoms with Gasteiger partial charge < -0.3 is 10.2 Å². The first-order valence-electron chi connectivity index (χ1n) is 7.85. The highest BCUT2D eigenvalue weighted by Gasteiger charge is 2.33. The molecule has 2 heteroatoms. The van der Waals surface area contributed by atoms with Crippen molar-refractivity contribution in [3.8, 4) is 0 Å². The summed E-state index contributed by atoms with van der Waals surface area (Å²) >= 11 is 0. The lowest BCUT2D eigenvalue weighted by Gasteiger charge is -2.37. The van der Waals surface area contributed by atoms with E-state index in [2.05, 4.69) is 17.1 Å². The minimum Gasteiger partial charge on any atom is -0.311 e. The van der Waals surface area contributed by atoms with Crippen molar-refractivity contribution in [1.29, 1.82) is 0 Å². The molecule has 2 heterocycles. The quantitative estimate of drug-likeness (QED) is 0.789. The lowest BCUT2D eigenvalue weighted by molar-refractivity contribution is 0.158. The van der Waals surface area contributed by atoms with E-state index in [0.717, 1.165) is 24.0 Å². The molecule has 2 saturated heterocycles. The molecule has 3 fully saturated rings. The molecule has 0 aromatic carbocycles. The second-order valence-electron chi connectivity index (χ2n) is 6.50. The van der Waals surface area contributed by atoms with Crippen LogP contribution in [-0.2, 0) is 0 Å². The minimum atomic E-state index is 0.806. The molecule has 3 unspecified atom stereocenters. The summed E-state index contributed by atoms with van der Waals surface area (Å²) in [4.78, 5) is 2.72. The van der Waals surface area contributed by atoms with Crippen molar-refractivity contribution in [2.45, 2.75) is 76.4 Å². The van der Waals surface area contributed by atoms with Crippen LogP contribution in [0.5, 0.6) is 0 Å². The van der Waals surface area contributed by atoms with Crippen molar-refractivity contribution >= 4 is 0 Å². The highest BCUT2D eigenvalue weighted by Crippen LogP contribution is 2.34. The van der Waals surface area contributed by atoms with Crippen LogP contribution in [-0.4, -0.2) is 36.1 Å². The summed E-state index contributed by atoms with van der Waals surface area (Å²) in [5, 5.41) is 3.96. The molecule has 0 amide bonds. The Labute approximate surface area is 106 Å². The normalized spacial score (nSPS) is 35.8. The van der Waals surface area contributed by atoms with Crippen LogP contribution in [0.1, 0.15) is 58.3 Å². The van der Waals surface area contributed by atoms with E-state index in [1.54, 1.807) is 0 Å². The summed E-state index contributed by atoms with van der Waals surface area (Å²) in [5.74, 6) is 1.07. The zero-order valence-electron chi connectivity index (χ0n) is 11.3. The van der Waals surface area contributed by atoms with Gasteiger partial charge in [-0.25, -0.2) is 0 Å². The van der Waals surface area contributed by atoms with Crippen LogP contribution >= 0.6 is 0 Å². The van der Waals surface area contributed by atoms with Crippen molar-refractivity contribution < 1.29 is 0 Å². The first kappa shape index (κ1) is 12.0. The Morgan fingerprint density at radius 2 is 2.06 bits per heavy atom. The molecule has 0 aromatic heterocycles. The fourth-order valence-electron chi connectivity index (χ4n) is 3.82. The second-order valence-corrected chi connectivity index (χ2v) is 6.50. The van der Waals surface area contributed by atoms with Crippen LogP contribution in [0.15, 0.2) is 0 Å². The summed E-state index contributed by atoms with van der Waals surface area (Å²) in [6.45, 7) is 5.07. The number of rotatable bonds is 5. The summed E-state index contributed by atoms with van der Waals surface area (Å²) in [6, 6.07) is 2.54. The van der Waals surface area contributed by atoms with Gasteiger partial charge in [-0.1, -0.05) is 19.8 Å². The van der Waals surface area contributed by atoms with Gasteiger partial charge in [0, 0.05) is 18.1 Å². The second kappa shape index (κ2) is 5.27. The number of piperidine rings is 1. The molecule has 0 radical (unpaired) electrons. The average molecular weight is 236 g/mol. The van der Waals surface area contributed by atoms with Crippen molar-refractivity contribution in [2.24, 2.45) is 5.92 Å². The number of nitrogens with zero attached hydrogens (tertiary/aromatic N) is 1. The summed E-state index contributed by atoms with van der Waals surface area (Å²) in [6.07, 6.45) is 11.5. The third-order valence-corrected chi connectivity index (χ3v) is 5.10. The predicted molar refractivity (Wildman–Crippen MR) is 72.2 cm³/mol. The summed E-state index contributed by atoms with van der Waals surface area (Å²) in [5.41, 5.74) is 0. The largest absolute Gasteiger partial charge is 0.311 e. The van der Waals surface area contributed by atoms with Crippen LogP contribution < -0.4 is 5.32 Å². The molecule has 0 bridgehead atoms. The number of nitrogens with one attached hydrogen (secondary N) is 1. The molecule has 3 aliphatic rings. The van der Waals surface area contributed by atoms with Gasteiger partial charge in [-0.3, -0.25) is 0 Å². The Kier molecular flexibility index (Phi) is 3.72. The zero-order chi connectivity index (χ0) is 11.7. The Bertz CT molecular complexity index is 249. The Morgan fingerprint density at radius 3 is 2.82 bits per heavy atom. The summed E-state index contributed by atoms with van der Waals surface area (Å²) in [7, 11) is 0. The van der Waals surface area contributed by atoms with Gasteiger partial charge in [-0.05, 0) is 57.5 Å². The van der Waals surface area contributed by atoms with Gasteiger partial charge >= 0.3 is 0 Å². The summed E-state index contributed by atoms with van der Waals surface area (Å²) < 4.78 is 0. The number of fused-ring (bicyclic) bond motifs is 1. The van der Waals surface area contributed by atoms with Crippen LogP contribution in [0.3, 0.4) is 0 Å². The van der Waals surface area contributed by atoms with Gasteiger partial charge in [-0.2, -0.15) is 0 Å². The number of hydrogen-bond acceptors (Lipinski definition) is 2. The average Bonchev–Trinajstić information content (AvgIpc) is 3.04. The van der Waals surface area contributed by atoms with E-state index in [-0.39, 0.29) is 0 Å². The van der Waals surface area contributed by atoms with Gasteiger partial charge in [0.25, 0.3) is 0 Å². The van der Waals surface area contributed by atoms with Gasteiger partial charge in [0.1, 0.15) is 0 Å². The van der Waals surface area contributed by atoms with E-state index in [4.69, 9.17) is 0 Å². The molecule has 2 aliphatic heterocycles. The third kappa shape index (κ3) is 3.03. The maximum atomic E-state index is 3.96. The standard InChI is InChI=1S/C15H28N2/c1-2-13(10-12-5-6-12)16-14-7-9-17-8-3-4-15(17)11-14/h12-16H,2-11H2,1H3. The number of hydrogen-bond donors (Lipinski definition) is 1. The van der Waals surface area contributed by atoms with Gasteiger partial charge in [0.05, 0.1) is 0 Å². The van der Waals surface area contributed by atoms with Gasteiger partial charge in [0.15, 0.2) is 0 Å². The Morgan fingerprint density at radius 1 is 1.18 bits per heavy atom. The van der Waals surface area contributed by atoms with Crippen LogP contribution in [0.2, 0.25) is 0 Å². The fourth-order valence-corrected chi connectivity index (χ4v) is 3.82. The van der Waals surface area contributed by atoms with E-state index < -0.39 is 0 Å². The molecule has 1 N–H and O–H groups in total. The first-order chi connectivity index (χ1) is 8.35. The molecule has 3 rings (SSSR count). The van der Waals surface area contributed by atoms with Crippen molar-refractivity contribution in [1.82, 2.24) is 10.2 Å². The van der Waals surface area contributed by atoms with Crippen LogP contribution in [0.25, 0.3) is 0 Å². The van der Waals surface area contributed by atoms with Crippen LogP contribution in [0, 0.1) is 5.92 Å². The lowest BCUT2D eigenvalue weighted by Crippen LogP contribution is -2.48.